The zero-order valence-electron chi connectivity index (χ0n) is 14.1. The fourth-order valence-corrected chi connectivity index (χ4v) is 3.15. The minimum absolute atomic E-state index is 0.0505. The van der Waals surface area contributed by atoms with Crippen LogP contribution >= 0.6 is 0 Å². The third-order valence-corrected chi connectivity index (χ3v) is 4.96. The second kappa shape index (κ2) is 7.19. The normalized spacial score (nSPS) is 12.1. The summed E-state index contributed by atoms with van der Waals surface area (Å²) in [5, 5.41) is 16.0. The van der Waals surface area contributed by atoms with Crippen molar-refractivity contribution in [3.8, 4) is 11.6 Å². The SMILES string of the molecule is COc1ccc2[nH]c(O)c(C=NCCc3ccc(S(N)(=O)=O)cc3)c2c1. The molecule has 0 saturated heterocycles. The van der Waals surface area contributed by atoms with Crippen LogP contribution < -0.4 is 9.88 Å². The van der Waals surface area contributed by atoms with Crippen LogP contribution in [-0.4, -0.2) is 38.4 Å². The zero-order chi connectivity index (χ0) is 18.7. The molecule has 7 nitrogen and oxygen atoms in total. The van der Waals surface area contributed by atoms with Gasteiger partial charge < -0.3 is 14.8 Å². The van der Waals surface area contributed by atoms with E-state index in [0.29, 0.717) is 24.3 Å². The summed E-state index contributed by atoms with van der Waals surface area (Å²) in [7, 11) is -2.09. The van der Waals surface area contributed by atoms with E-state index in [-0.39, 0.29) is 10.8 Å². The topological polar surface area (TPSA) is 118 Å². The molecular weight excluding hydrogens is 354 g/mol. The van der Waals surface area contributed by atoms with E-state index >= 15 is 0 Å². The second-order valence-electron chi connectivity index (χ2n) is 5.77. The van der Waals surface area contributed by atoms with Crippen molar-refractivity contribution in [2.45, 2.75) is 11.3 Å². The number of nitrogens with one attached hydrogen (secondary N) is 1. The fraction of sp³-hybridized carbons (Fsp3) is 0.167. The molecule has 3 rings (SSSR count). The van der Waals surface area contributed by atoms with Gasteiger partial charge in [-0.15, -0.1) is 0 Å². The van der Waals surface area contributed by atoms with Crippen LogP contribution in [0.15, 0.2) is 52.4 Å². The van der Waals surface area contributed by atoms with Crippen molar-refractivity contribution in [1.82, 2.24) is 4.98 Å². The predicted molar refractivity (Wildman–Crippen MR) is 100 cm³/mol. The Kier molecular flexibility index (Phi) is 4.97. The highest BCUT2D eigenvalue weighted by Gasteiger charge is 2.10. The van der Waals surface area contributed by atoms with Gasteiger partial charge in [0.2, 0.25) is 10.0 Å². The lowest BCUT2D eigenvalue weighted by molar-refractivity contribution is 0.415. The second-order valence-corrected chi connectivity index (χ2v) is 7.33. The minimum atomic E-state index is -3.68. The van der Waals surface area contributed by atoms with E-state index in [1.165, 1.54) is 12.1 Å². The minimum Gasteiger partial charge on any atom is -0.497 e. The van der Waals surface area contributed by atoms with Crippen LogP contribution in [0.5, 0.6) is 11.6 Å². The number of methoxy groups -OCH3 is 1. The molecule has 26 heavy (non-hydrogen) atoms. The van der Waals surface area contributed by atoms with Crippen LogP contribution in [0.3, 0.4) is 0 Å². The van der Waals surface area contributed by atoms with Crippen molar-refractivity contribution in [2.24, 2.45) is 10.1 Å². The molecule has 0 radical (unpaired) electrons. The Morgan fingerprint density at radius 1 is 1.23 bits per heavy atom. The number of H-pyrrole nitrogens is 1. The molecule has 0 fully saturated rings. The van der Waals surface area contributed by atoms with Crippen LogP contribution in [-0.2, 0) is 16.4 Å². The maximum Gasteiger partial charge on any atom is 0.238 e. The number of aromatic hydroxyl groups is 1. The first-order valence-electron chi connectivity index (χ1n) is 7.89. The van der Waals surface area contributed by atoms with E-state index in [1.54, 1.807) is 25.5 Å². The van der Waals surface area contributed by atoms with E-state index in [9.17, 15) is 13.5 Å². The number of aliphatic imine (C=N–C) groups is 1. The Bertz CT molecular complexity index is 1050. The highest BCUT2D eigenvalue weighted by Crippen LogP contribution is 2.28. The largest absolute Gasteiger partial charge is 0.497 e. The number of primary sulfonamides is 1. The van der Waals surface area contributed by atoms with E-state index in [4.69, 9.17) is 9.88 Å². The third-order valence-electron chi connectivity index (χ3n) is 4.03. The van der Waals surface area contributed by atoms with Crippen LogP contribution in [0.1, 0.15) is 11.1 Å². The summed E-state index contributed by atoms with van der Waals surface area (Å²) in [6, 6.07) is 11.9. The number of hydrogen-bond acceptors (Lipinski definition) is 5. The average molecular weight is 373 g/mol. The molecule has 1 heterocycles. The van der Waals surface area contributed by atoms with Gasteiger partial charge in [0, 0.05) is 23.7 Å². The lowest BCUT2D eigenvalue weighted by atomic mass is 10.1. The number of hydrogen-bond donors (Lipinski definition) is 3. The number of aromatic nitrogens is 1. The summed E-state index contributed by atoms with van der Waals surface area (Å²) in [6.45, 7) is 0.491. The fourth-order valence-electron chi connectivity index (χ4n) is 2.63. The molecule has 1 aromatic heterocycles. The molecular formula is C18H19N3O4S. The Labute approximate surface area is 151 Å². The van der Waals surface area contributed by atoms with Crippen LogP contribution in [0, 0.1) is 0 Å². The highest BCUT2D eigenvalue weighted by molar-refractivity contribution is 7.89. The molecule has 0 bridgehead atoms. The Morgan fingerprint density at radius 3 is 2.62 bits per heavy atom. The highest BCUT2D eigenvalue weighted by atomic mass is 32.2. The van der Waals surface area contributed by atoms with Crippen molar-refractivity contribution in [1.29, 1.82) is 0 Å². The lowest BCUT2D eigenvalue weighted by Crippen LogP contribution is -2.11. The van der Waals surface area contributed by atoms with Crippen LogP contribution in [0.2, 0.25) is 0 Å². The molecule has 2 aromatic carbocycles. The first kappa shape index (κ1) is 18.0. The number of nitrogens with zero attached hydrogens (tertiary/aromatic N) is 1. The number of aromatic amines is 1. The van der Waals surface area contributed by atoms with E-state index in [0.717, 1.165) is 16.5 Å². The van der Waals surface area contributed by atoms with E-state index in [1.807, 2.05) is 18.2 Å². The van der Waals surface area contributed by atoms with Gasteiger partial charge in [-0.3, -0.25) is 4.99 Å². The lowest BCUT2D eigenvalue weighted by Gasteiger charge is -2.01. The predicted octanol–water partition coefficient (Wildman–Crippen LogP) is 2.19. The summed E-state index contributed by atoms with van der Waals surface area (Å²) < 4.78 is 27.7. The van der Waals surface area contributed by atoms with Gasteiger partial charge in [-0.1, -0.05) is 12.1 Å². The summed E-state index contributed by atoms with van der Waals surface area (Å²) in [5.74, 6) is 0.746. The monoisotopic (exact) mass is 373 g/mol. The van der Waals surface area contributed by atoms with E-state index in [2.05, 4.69) is 9.98 Å². The number of rotatable bonds is 6. The molecule has 0 amide bonds. The van der Waals surface area contributed by atoms with Crippen molar-refractivity contribution >= 4 is 27.1 Å². The van der Waals surface area contributed by atoms with Gasteiger partial charge in [0.1, 0.15) is 5.75 Å². The zero-order valence-corrected chi connectivity index (χ0v) is 15.0. The summed E-state index contributed by atoms with van der Waals surface area (Å²) in [4.78, 5) is 7.34. The molecule has 8 heteroatoms. The number of fused-ring (bicyclic) bond motifs is 1. The smallest absolute Gasteiger partial charge is 0.238 e. The van der Waals surface area contributed by atoms with E-state index < -0.39 is 10.0 Å². The quantitative estimate of drug-likeness (QED) is 0.574. The third kappa shape index (κ3) is 3.87. The van der Waals surface area contributed by atoms with Crippen LogP contribution in [0.4, 0.5) is 0 Å². The molecule has 0 saturated carbocycles. The Morgan fingerprint density at radius 2 is 1.96 bits per heavy atom. The molecule has 0 aliphatic rings. The number of benzene rings is 2. The van der Waals surface area contributed by atoms with Crippen molar-refractivity contribution in [3.05, 3.63) is 53.6 Å². The average Bonchev–Trinajstić information content (AvgIpc) is 2.93. The van der Waals surface area contributed by atoms with Gasteiger partial charge in [0.05, 0.1) is 17.6 Å². The maximum atomic E-state index is 11.2. The van der Waals surface area contributed by atoms with Gasteiger partial charge in [0.25, 0.3) is 0 Å². The van der Waals surface area contributed by atoms with Gasteiger partial charge >= 0.3 is 0 Å². The summed E-state index contributed by atoms with van der Waals surface area (Å²) in [5.41, 5.74) is 2.34. The van der Waals surface area contributed by atoms with Crippen molar-refractivity contribution in [3.63, 3.8) is 0 Å². The molecule has 136 valence electrons. The van der Waals surface area contributed by atoms with Crippen molar-refractivity contribution < 1.29 is 18.3 Å². The van der Waals surface area contributed by atoms with Gasteiger partial charge in [-0.05, 0) is 42.3 Å². The number of nitrogens with two attached hydrogens (primary N) is 1. The molecule has 3 aromatic rings. The first-order chi connectivity index (χ1) is 12.4. The van der Waals surface area contributed by atoms with Gasteiger partial charge in [-0.2, -0.15) is 0 Å². The summed E-state index contributed by atoms with van der Waals surface area (Å²) in [6.07, 6.45) is 2.25. The first-order valence-corrected chi connectivity index (χ1v) is 9.43. The molecule has 0 atom stereocenters. The molecule has 0 spiro atoms. The number of ether oxygens (including phenoxy) is 1. The summed E-state index contributed by atoms with van der Waals surface area (Å²) >= 11 is 0. The van der Waals surface area contributed by atoms with Gasteiger partial charge in [0.15, 0.2) is 5.88 Å². The van der Waals surface area contributed by atoms with Crippen LogP contribution in [0.25, 0.3) is 10.9 Å². The van der Waals surface area contributed by atoms with Gasteiger partial charge in [-0.25, -0.2) is 13.6 Å². The Balaban J connectivity index is 1.71. The van der Waals surface area contributed by atoms with Crippen molar-refractivity contribution in [2.75, 3.05) is 13.7 Å². The number of sulfonamides is 1. The maximum absolute atomic E-state index is 11.2. The standard InChI is InChI=1S/C18H19N3O4S/c1-25-13-4-7-17-15(10-13)16(18(22)21-17)11-20-9-8-12-2-5-14(6-3-12)26(19,23)24/h2-7,10-11,21-22H,8-9H2,1H3,(H2,19,23,24). The molecule has 0 aliphatic carbocycles. The molecule has 0 aliphatic heterocycles. The molecule has 4 N–H and O–H groups in total. The Hall–Kier alpha value is -2.84. The molecule has 0 unspecified atom stereocenters.